The van der Waals surface area contributed by atoms with Crippen molar-refractivity contribution in [1.82, 2.24) is 5.32 Å². The number of benzene rings is 3. The van der Waals surface area contributed by atoms with Gasteiger partial charge in [-0.3, -0.25) is 9.52 Å². The molecule has 10 nitrogen and oxygen atoms in total. The first kappa shape index (κ1) is 31.8. The molecule has 11 heteroatoms. The Kier molecular flexibility index (Phi) is 9.36. The van der Waals surface area contributed by atoms with Crippen molar-refractivity contribution in [3.05, 3.63) is 76.3 Å². The van der Waals surface area contributed by atoms with Crippen LogP contribution in [-0.2, 0) is 26.0 Å². The van der Waals surface area contributed by atoms with E-state index in [2.05, 4.69) is 15.4 Å². The number of carboxylic acid groups (broad SMARTS) is 1. The molecule has 0 radical (unpaired) electrons. The Labute approximate surface area is 252 Å². The Morgan fingerprint density at radius 2 is 1.79 bits per heavy atom. The van der Waals surface area contributed by atoms with Crippen molar-refractivity contribution in [2.75, 3.05) is 36.0 Å². The first-order chi connectivity index (χ1) is 20.2. The molecule has 43 heavy (non-hydrogen) atoms. The molecule has 0 saturated heterocycles. The molecule has 1 unspecified atom stereocenters. The van der Waals surface area contributed by atoms with Crippen LogP contribution < -0.4 is 20.1 Å². The van der Waals surface area contributed by atoms with E-state index in [1.807, 2.05) is 36.4 Å². The zero-order valence-electron chi connectivity index (χ0n) is 25.3. The van der Waals surface area contributed by atoms with Crippen molar-refractivity contribution in [3.63, 3.8) is 0 Å². The third kappa shape index (κ3) is 7.66. The molecule has 0 fully saturated rings. The van der Waals surface area contributed by atoms with Crippen molar-refractivity contribution >= 4 is 33.3 Å². The van der Waals surface area contributed by atoms with E-state index in [0.29, 0.717) is 48.6 Å². The summed E-state index contributed by atoms with van der Waals surface area (Å²) in [5, 5.41) is 16.6. The number of hydrogen-bond acceptors (Lipinski definition) is 7. The second-order valence-corrected chi connectivity index (χ2v) is 13.3. The number of hydrogen-bond donors (Lipinski definition) is 4. The van der Waals surface area contributed by atoms with Gasteiger partial charge in [-0.2, -0.15) is 0 Å². The molecule has 3 aromatic carbocycles. The number of rotatable bonds is 10. The topological polar surface area (TPSA) is 143 Å². The number of carboxylic acids is 1. The highest BCUT2D eigenvalue weighted by atomic mass is 32.2. The molecule has 3 aromatic rings. The van der Waals surface area contributed by atoms with E-state index in [1.54, 1.807) is 46.8 Å². The van der Waals surface area contributed by atoms with Gasteiger partial charge in [0.2, 0.25) is 10.0 Å². The van der Waals surface area contributed by atoms with Crippen molar-refractivity contribution in [2.45, 2.75) is 52.7 Å². The van der Waals surface area contributed by atoms with E-state index < -0.39 is 33.6 Å². The van der Waals surface area contributed by atoms with Crippen LogP contribution in [0.25, 0.3) is 11.1 Å². The van der Waals surface area contributed by atoms with Crippen molar-refractivity contribution in [2.24, 2.45) is 0 Å². The Balaban J connectivity index is 1.96. The molecule has 1 aliphatic heterocycles. The number of sulfonamides is 1. The molecule has 0 spiro atoms. The Bertz CT molecular complexity index is 1630. The van der Waals surface area contributed by atoms with Gasteiger partial charge >= 0.3 is 5.97 Å². The summed E-state index contributed by atoms with van der Waals surface area (Å²) in [6.45, 7) is 9.95. The molecular formula is C32H39N3O7S. The summed E-state index contributed by atoms with van der Waals surface area (Å²) < 4.78 is 39.5. The van der Waals surface area contributed by atoms with Gasteiger partial charge < -0.3 is 25.2 Å². The van der Waals surface area contributed by atoms with Crippen molar-refractivity contribution < 1.29 is 32.6 Å². The van der Waals surface area contributed by atoms with Gasteiger partial charge in [-0.05, 0) is 81.0 Å². The molecule has 1 aliphatic rings. The monoisotopic (exact) mass is 609 g/mol. The lowest BCUT2D eigenvalue weighted by Crippen LogP contribution is -2.31. The smallest absolute Gasteiger partial charge is 0.337 e. The highest BCUT2D eigenvalue weighted by molar-refractivity contribution is 7.92. The third-order valence-corrected chi connectivity index (χ3v) is 7.58. The van der Waals surface area contributed by atoms with E-state index in [1.165, 1.54) is 0 Å². The summed E-state index contributed by atoms with van der Waals surface area (Å²) >= 11 is 0. The number of carbonyl (C=O) groups excluding carboxylic acids is 1. The van der Waals surface area contributed by atoms with E-state index >= 15 is 0 Å². The van der Waals surface area contributed by atoms with E-state index in [-0.39, 0.29) is 22.4 Å². The summed E-state index contributed by atoms with van der Waals surface area (Å²) in [5.41, 5.74) is 3.05. The van der Waals surface area contributed by atoms with E-state index in [9.17, 15) is 23.1 Å². The van der Waals surface area contributed by atoms with Crippen LogP contribution in [0.4, 0.5) is 11.4 Å². The lowest BCUT2D eigenvalue weighted by molar-refractivity contribution is -0.160. The normalized spacial score (nSPS) is 13.7. The molecule has 230 valence electrons. The standard InChI is InChI=1S/C32H39N3O7S/c1-19-25(22-12-13-24-23(18-22)33-16-17-41-24)26(29(31(37)38)42-32(3,4)5)20(2)28(35-43(6,39)40)27(19)30(36)34-15-14-21-10-8-7-9-11-21/h7-13,18,29,33,35H,14-17H2,1-6H3,(H,34,36)(H,37,38). The van der Waals surface area contributed by atoms with Crippen LogP contribution in [0.2, 0.25) is 0 Å². The second-order valence-electron chi connectivity index (χ2n) is 11.6. The van der Waals surface area contributed by atoms with E-state index in [0.717, 1.165) is 17.5 Å². The fraction of sp³-hybridized carbons (Fsp3) is 0.375. The number of anilines is 2. The third-order valence-electron chi connectivity index (χ3n) is 7.01. The molecular weight excluding hydrogens is 570 g/mol. The number of nitrogens with one attached hydrogen (secondary N) is 3. The van der Waals surface area contributed by atoms with Gasteiger partial charge in [0.05, 0.1) is 28.8 Å². The Morgan fingerprint density at radius 3 is 2.42 bits per heavy atom. The maximum Gasteiger partial charge on any atom is 0.337 e. The fourth-order valence-electron chi connectivity index (χ4n) is 5.26. The highest BCUT2D eigenvalue weighted by Gasteiger charge is 2.35. The number of amides is 1. The molecule has 1 amide bonds. The molecule has 0 saturated carbocycles. The largest absolute Gasteiger partial charge is 0.490 e. The lowest BCUT2D eigenvalue weighted by Gasteiger charge is -2.31. The van der Waals surface area contributed by atoms with Crippen LogP contribution in [0.5, 0.6) is 5.75 Å². The average Bonchev–Trinajstić information content (AvgIpc) is 2.92. The summed E-state index contributed by atoms with van der Waals surface area (Å²) in [6.07, 6.45) is 0.0906. The quantitative estimate of drug-likeness (QED) is 0.250. The molecule has 4 rings (SSSR count). The van der Waals surface area contributed by atoms with Crippen LogP contribution in [0.1, 0.15) is 59.5 Å². The molecule has 0 bridgehead atoms. The minimum absolute atomic E-state index is 0.0131. The summed E-state index contributed by atoms with van der Waals surface area (Å²) in [6, 6.07) is 15.1. The maximum absolute atomic E-state index is 13.8. The predicted octanol–water partition coefficient (Wildman–Crippen LogP) is 5.06. The summed E-state index contributed by atoms with van der Waals surface area (Å²) in [5.74, 6) is -1.08. The number of ether oxygens (including phenoxy) is 2. The Morgan fingerprint density at radius 1 is 1.09 bits per heavy atom. The van der Waals surface area contributed by atoms with Gasteiger partial charge in [0.1, 0.15) is 12.4 Å². The van der Waals surface area contributed by atoms with Crippen LogP contribution in [-0.4, -0.2) is 57.0 Å². The van der Waals surface area contributed by atoms with Gasteiger partial charge in [-0.25, -0.2) is 13.2 Å². The number of aliphatic carboxylic acids is 1. The fourth-order valence-corrected chi connectivity index (χ4v) is 5.88. The zero-order valence-corrected chi connectivity index (χ0v) is 26.1. The minimum atomic E-state index is -3.87. The van der Waals surface area contributed by atoms with Crippen LogP contribution in [0.3, 0.4) is 0 Å². The summed E-state index contributed by atoms with van der Waals surface area (Å²) in [7, 11) is -3.87. The average molecular weight is 610 g/mol. The van der Waals surface area contributed by atoms with Gasteiger partial charge in [0, 0.05) is 18.7 Å². The minimum Gasteiger partial charge on any atom is -0.490 e. The van der Waals surface area contributed by atoms with Crippen LogP contribution in [0.15, 0.2) is 48.5 Å². The van der Waals surface area contributed by atoms with Crippen LogP contribution >= 0.6 is 0 Å². The van der Waals surface area contributed by atoms with Gasteiger partial charge in [-0.15, -0.1) is 0 Å². The van der Waals surface area contributed by atoms with Gasteiger partial charge in [0.25, 0.3) is 5.91 Å². The SMILES string of the molecule is Cc1c(C(=O)NCCc2ccccc2)c(NS(C)(=O)=O)c(C)c(C(OC(C)(C)C)C(=O)O)c1-c1ccc2c(c1)NCCO2. The van der Waals surface area contributed by atoms with Gasteiger partial charge in [0.15, 0.2) is 6.10 Å². The summed E-state index contributed by atoms with van der Waals surface area (Å²) in [4.78, 5) is 26.6. The van der Waals surface area contributed by atoms with E-state index in [4.69, 9.17) is 9.47 Å². The molecule has 1 atom stereocenters. The zero-order chi connectivity index (χ0) is 31.5. The Hall–Kier alpha value is -4.09. The predicted molar refractivity (Wildman–Crippen MR) is 167 cm³/mol. The molecule has 1 heterocycles. The molecule has 0 aromatic heterocycles. The highest BCUT2D eigenvalue weighted by Crippen LogP contribution is 2.45. The lowest BCUT2D eigenvalue weighted by atomic mass is 9.84. The first-order valence-electron chi connectivity index (χ1n) is 14.0. The van der Waals surface area contributed by atoms with Crippen LogP contribution in [0, 0.1) is 13.8 Å². The van der Waals surface area contributed by atoms with Crippen molar-refractivity contribution in [1.29, 1.82) is 0 Å². The molecule has 0 aliphatic carbocycles. The van der Waals surface area contributed by atoms with Crippen molar-refractivity contribution in [3.8, 4) is 16.9 Å². The maximum atomic E-state index is 13.8. The number of fused-ring (bicyclic) bond motifs is 1. The van der Waals surface area contributed by atoms with Gasteiger partial charge in [-0.1, -0.05) is 36.4 Å². The molecule has 4 N–H and O–H groups in total. The second kappa shape index (κ2) is 12.6. The first-order valence-corrected chi connectivity index (χ1v) is 15.9. The number of carbonyl (C=O) groups is 2.